The van der Waals surface area contributed by atoms with E-state index in [1.807, 2.05) is 6.07 Å². The van der Waals surface area contributed by atoms with Gasteiger partial charge >= 0.3 is 17.7 Å². The molecule has 0 aliphatic rings. The monoisotopic (exact) mass is 402 g/mol. The predicted octanol–water partition coefficient (Wildman–Crippen LogP) is 4.34. The Morgan fingerprint density at radius 1 is 1.17 bits per heavy atom. The van der Waals surface area contributed by atoms with Crippen molar-refractivity contribution in [2.45, 2.75) is 40.2 Å². The van der Waals surface area contributed by atoms with Crippen molar-refractivity contribution in [2.24, 2.45) is 0 Å². The Kier molecular flexibility index (Phi) is 6.98. The first-order valence-corrected chi connectivity index (χ1v) is 9.17. The second-order valence-corrected chi connectivity index (χ2v) is 7.38. The minimum absolute atomic E-state index is 0.0908. The van der Waals surface area contributed by atoms with Crippen LogP contribution < -0.4 is 15.4 Å². The Hall–Kier alpha value is -3.36. The fourth-order valence-corrected chi connectivity index (χ4v) is 2.48. The van der Waals surface area contributed by atoms with E-state index < -0.39 is 16.6 Å². The maximum absolute atomic E-state index is 11.7. The van der Waals surface area contributed by atoms with Gasteiger partial charge in [0.05, 0.1) is 4.92 Å². The number of pyridine rings is 1. The molecule has 0 aliphatic carbocycles. The Morgan fingerprint density at radius 2 is 1.83 bits per heavy atom. The highest BCUT2D eigenvalue weighted by atomic mass is 16.6. The molecule has 0 radical (unpaired) electrons. The molecule has 0 spiro atoms. The number of carbonyl (C=O) groups is 1. The average molecular weight is 402 g/mol. The third kappa shape index (κ3) is 6.34. The van der Waals surface area contributed by atoms with Crippen LogP contribution >= 0.6 is 0 Å². The molecular formula is C20H26N4O5. The number of benzene rings is 1. The summed E-state index contributed by atoms with van der Waals surface area (Å²) in [5, 5.41) is 17.4. The van der Waals surface area contributed by atoms with Gasteiger partial charge in [-0.3, -0.25) is 10.1 Å². The zero-order valence-corrected chi connectivity index (χ0v) is 17.2. The van der Waals surface area contributed by atoms with Gasteiger partial charge in [0.25, 0.3) is 0 Å². The van der Waals surface area contributed by atoms with Crippen molar-refractivity contribution in [3.8, 4) is 11.6 Å². The molecule has 9 nitrogen and oxygen atoms in total. The van der Waals surface area contributed by atoms with E-state index in [0.717, 1.165) is 0 Å². The first kappa shape index (κ1) is 21.9. The molecule has 2 rings (SSSR count). The molecule has 0 atom stereocenters. The van der Waals surface area contributed by atoms with Gasteiger partial charge < -0.3 is 20.1 Å². The molecule has 0 fully saturated rings. The summed E-state index contributed by atoms with van der Waals surface area (Å²) in [7, 11) is 0. The smallest absolute Gasteiger partial charge is 0.407 e. The van der Waals surface area contributed by atoms with Gasteiger partial charge in [-0.15, -0.1) is 0 Å². The lowest BCUT2D eigenvalue weighted by atomic mass is 10.1. The summed E-state index contributed by atoms with van der Waals surface area (Å²) in [6.45, 7) is 9.28. The summed E-state index contributed by atoms with van der Waals surface area (Å²) in [5.74, 6) is 0.357. The van der Waals surface area contributed by atoms with Crippen LogP contribution in [0.15, 0.2) is 30.3 Å². The van der Waals surface area contributed by atoms with E-state index in [-0.39, 0.29) is 24.7 Å². The van der Waals surface area contributed by atoms with Gasteiger partial charge in [0.1, 0.15) is 17.0 Å². The van der Waals surface area contributed by atoms with E-state index in [9.17, 15) is 14.9 Å². The summed E-state index contributed by atoms with van der Waals surface area (Å²) in [5.41, 5.74) is 0.686. The van der Waals surface area contributed by atoms with E-state index in [4.69, 9.17) is 9.47 Å². The second-order valence-electron chi connectivity index (χ2n) is 7.38. The fourth-order valence-electron chi connectivity index (χ4n) is 2.48. The molecular weight excluding hydrogens is 376 g/mol. The summed E-state index contributed by atoms with van der Waals surface area (Å²) < 4.78 is 10.8. The normalized spacial score (nSPS) is 10.9. The largest absolute Gasteiger partial charge is 0.444 e. The van der Waals surface area contributed by atoms with Crippen LogP contribution in [-0.4, -0.2) is 34.7 Å². The lowest BCUT2D eigenvalue weighted by Gasteiger charge is -2.20. The quantitative estimate of drug-likeness (QED) is 0.402. The average Bonchev–Trinajstić information content (AvgIpc) is 2.61. The number of hydrogen-bond donors (Lipinski definition) is 2. The van der Waals surface area contributed by atoms with Gasteiger partial charge in [-0.05, 0) is 46.8 Å². The minimum Gasteiger partial charge on any atom is -0.444 e. The highest BCUT2D eigenvalue weighted by Gasteiger charge is 2.27. The number of nitro groups is 1. The molecule has 1 heterocycles. The van der Waals surface area contributed by atoms with E-state index in [1.54, 1.807) is 58.9 Å². The summed E-state index contributed by atoms with van der Waals surface area (Å²) in [4.78, 5) is 27.2. The van der Waals surface area contributed by atoms with Gasteiger partial charge in [-0.2, -0.15) is 0 Å². The van der Waals surface area contributed by atoms with Crippen LogP contribution in [0.2, 0.25) is 0 Å². The number of alkyl carbamates (subject to hydrolysis) is 1. The Bertz CT molecular complexity index is 879. The molecule has 0 saturated heterocycles. The van der Waals surface area contributed by atoms with E-state index in [2.05, 4.69) is 15.6 Å². The zero-order valence-electron chi connectivity index (χ0n) is 17.2. The van der Waals surface area contributed by atoms with Crippen molar-refractivity contribution in [3.63, 3.8) is 0 Å². The number of amides is 1. The number of nitrogens with zero attached hydrogens (tertiary/aromatic N) is 2. The van der Waals surface area contributed by atoms with Gasteiger partial charge in [0.15, 0.2) is 0 Å². The Morgan fingerprint density at radius 3 is 2.41 bits per heavy atom. The molecule has 1 amide bonds. The van der Waals surface area contributed by atoms with E-state index in [1.165, 1.54) is 0 Å². The minimum atomic E-state index is -0.598. The van der Waals surface area contributed by atoms with E-state index in [0.29, 0.717) is 22.7 Å². The number of para-hydroxylation sites is 1. The molecule has 0 saturated carbocycles. The Labute approximate surface area is 169 Å². The topological polar surface area (TPSA) is 116 Å². The molecule has 156 valence electrons. The van der Waals surface area contributed by atoms with Crippen LogP contribution in [0.25, 0.3) is 0 Å². The Balaban J connectivity index is 2.18. The number of ether oxygens (including phenoxy) is 2. The standard InChI is InChI=1S/C20H26N4O5/c1-13-14(2)23-18(28-15-9-7-6-8-10-15)17(24(26)27)16(13)21-11-12-22-19(25)29-20(3,4)5/h6-10H,11-12H2,1-5H3,(H,21,23)(H,22,25). The van der Waals surface area contributed by atoms with Crippen LogP contribution in [0.4, 0.5) is 16.2 Å². The number of aryl methyl sites for hydroxylation is 1. The third-order valence-electron chi connectivity index (χ3n) is 3.86. The molecule has 0 bridgehead atoms. The van der Waals surface area contributed by atoms with Crippen molar-refractivity contribution < 1.29 is 19.2 Å². The first-order chi connectivity index (χ1) is 13.6. The molecule has 29 heavy (non-hydrogen) atoms. The number of anilines is 1. The van der Waals surface area contributed by atoms with Crippen molar-refractivity contribution in [2.75, 3.05) is 18.4 Å². The maximum atomic E-state index is 11.7. The lowest BCUT2D eigenvalue weighted by Crippen LogP contribution is -2.35. The number of carbonyl (C=O) groups excluding carboxylic acids is 1. The van der Waals surface area contributed by atoms with Gasteiger partial charge in [-0.1, -0.05) is 18.2 Å². The first-order valence-electron chi connectivity index (χ1n) is 9.17. The molecule has 2 N–H and O–H groups in total. The second kappa shape index (κ2) is 9.22. The van der Waals surface area contributed by atoms with Gasteiger partial charge in [0.2, 0.25) is 0 Å². The number of aromatic nitrogens is 1. The zero-order chi connectivity index (χ0) is 21.6. The van der Waals surface area contributed by atoms with Crippen LogP contribution in [0.5, 0.6) is 11.6 Å². The van der Waals surface area contributed by atoms with Crippen LogP contribution in [0.3, 0.4) is 0 Å². The van der Waals surface area contributed by atoms with Crippen molar-refractivity contribution in [1.82, 2.24) is 10.3 Å². The molecule has 0 unspecified atom stereocenters. The fraction of sp³-hybridized carbons (Fsp3) is 0.400. The third-order valence-corrected chi connectivity index (χ3v) is 3.86. The van der Waals surface area contributed by atoms with Crippen molar-refractivity contribution in [3.05, 3.63) is 51.7 Å². The lowest BCUT2D eigenvalue weighted by molar-refractivity contribution is -0.385. The number of nitrogens with one attached hydrogen (secondary N) is 2. The van der Waals surface area contributed by atoms with Gasteiger partial charge in [-0.25, -0.2) is 9.78 Å². The highest BCUT2D eigenvalue weighted by molar-refractivity contribution is 5.72. The van der Waals surface area contributed by atoms with Crippen molar-refractivity contribution >= 4 is 17.5 Å². The van der Waals surface area contributed by atoms with E-state index >= 15 is 0 Å². The summed E-state index contributed by atoms with van der Waals surface area (Å²) in [6.07, 6.45) is -0.551. The van der Waals surface area contributed by atoms with Gasteiger partial charge in [0, 0.05) is 24.3 Å². The summed E-state index contributed by atoms with van der Waals surface area (Å²) in [6, 6.07) is 8.74. The molecule has 9 heteroatoms. The van der Waals surface area contributed by atoms with Crippen LogP contribution in [0, 0.1) is 24.0 Å². The highest BCUT2D eigenvalue weighted by Crippen LogP contribution is 2.39. The molecule has 0 aliphatic heterocycles. The van der Waals surface area contributed by atoms with Crippen molar-refractivity contribution in [1.29, 1.82) is 0 Å². The summed E-state index contributed by atoms with van der Waals surface area (Å²) >= 11 is 0. The molecule has 2 aromatic rings. The molecule has 1 aromatic carbocycles. The number of rotatable bonds is 7. The SMILES string of the molecule is Cc1nc(Oc2ccccc2)c([N+](=O)[O-])c(NCCNC(=O)OC(C)(C)C)c1C. The number of hydrogen-bond acceptors (Lipinski definition) is 7. The maximum Gasteiger partial charge on any atom is 0.407 e. The predicted molar refractivity (Wildman–Crippen MR) is 110 cm³/mol. The van der Waals surface area contributed by atoms with Crippen LogP contribution in [-0.2, 0) is 4.74 Å². The van der Waals surface area contributed by atoms with Crippen LogP contribution in [0.1, 0.15) is 32.0 Å². The molecule has 1 aromatic heterocycles.